The van der Waals surface area contributed by atoms with Gasteiger partial charge in [-0.25, -0.2) is 19.9 Å². The number of aromatic nitrogens is 6. The van der Waals surface area contributed by atoms with Crippen LogP contribution in [0.3, 0.4) is 0 Å². The number of hydroxylamine groups is 3. The topological polar surface area (TPSA) is 171 Å². The molecule has 0 amide bonds. The number of imidazole rings is 2. The number of aryl methyl sites for hydroxylation is 1. The van der Waals surface area contributed by atoms with Crippen LogP contribution >= 0.6 is 0 Å². The van der Waals surface area contributed by atoms with Crippen LogP contribution in [0.15, 0.2) is 30.9 Å². The number of quaternary nitrogens is 1. The molecule has 0 bridgehead atoms. The second-order valence-electron chi connectivity index (χ2n) is 13.5. The molecule has 1 aliphatic heterocycles. The number of nitrogen functional groups attached to an aromatic ring is 1. The predicted molar refractivity (Wildman–Crippen MR) is 159 cm³/mol. The van der Waals surface area contributed by atoms with E-state index in [0.717, 1.165) is 42.5 Å². The Hall–Kier alpha value is -3.16. The number of anilines is 1. The molecular weight excluding hydrogens is 536 g/mol. The van der Waals surface area contributed by atoms with Crippen molar-refractivity contribution in [3.8, 4) is 0 Å². The van der Waals surface area contributed by atoms with Crippen molar-refractivity contribution in [1.82, 2.24) is 29.5 Å². The highest BCUT2D eigenvalue weighted by Crippen LogP contribution is 2.42. The van der Waals surface area contributed by atoms with Crippen LogP contribution in [0.2, 0.25) is 0 Å². The number of H-pyrrole nitrogens is 1. The molecule has 4 aromatic rings. The number of benzene rings is 1. The summed E-state index contributed by atoms with van der Waals surface area (Å²) in [5, 5.41) is 36.1. The van der Waals surface area contributed by atoms with E-state index in [1.54, 1.807) is 0 Å². The van der Waals surface area contributed by atoms with Gasteiger partial charge in [-0.3, -0.25) is 4.57 Å². The fraction of sp³-hybridized carbons (Fsp3) is 0.600. The quantitative estimate of drug-likeness (QED) is 0.181. The molecule has 12 nitrogen and oxygen atoms in total. The zero-order valence-corrected chi connectivity index (χ0v) is 24.9. The molecule has 6 rings (SSSR count). The fourth-order valence-corrected chi connectivity index (χ4v) is 6.51. The van der Waals surface area contributed by atoms with Gasteiger partial charge in [-0.2, -0.15) is 0 Å². The minimum Gasteiger partial charge on any atom is -0.632 e. The molecular formula is C30H42N8O4. The summed E-state index contributed by atoms with van der Waals surface area (Å²) in [4.78, 5) is 20.7. The first-order chi connectivity index (χ1) is 19.8. The smallest absolute Gasteiger partial charge is 0.167 e. The van der Waals surface area contributed by atoms with E-state index in [2.05, 4.69) is 58.9 Å². The first kappa shape index (κ1) is 28.9. The van der Waals surface area contributed by atoms with E-state index in [0.29, 0.717) is 17.1 Å². The molecule has 1 saturated carbocycles. The number of hydrogen-bond acceptors (Lipinski definition) is 9. The van der Waals surface area contributed by atoms with E-state index in [4.69, 9.17) is 15.5 Å². The Balaban J connectivity index is 1.09. The Bertz CT molecular complexity index is 1570. The van der Waals surface area contributed by atoms with Gasteiger partial charge in [0, 0.05) is 19.3 Å². The number of aromatic amines is 1. The lowest BCUT2D eigenvalue weighted by molar-refractivity contribution is -0.935. The van der Waals surface area contributed by atoms with Crippen molar-refractivity contribution in [2.45, 2.75) is 102 Å². The molecule has 1 aliphatic carbocycles. The third kappa shape index (κ3) is 5.05. The van der Waals surface area contributed by atoms with E-state index >= 15 is 0 Å². The highest BCUT2D eigenvalue weighted by molar-refractivity contribution is 5.81. The van der Waals surface area contributed by atoms with Crippen LogP contribution in [-0.4, -0.2) is 81.3 Å². The lowest BCUT2D eigenvalue weighted by atomic mass is 9.75. The fourth-order valence-electron chi connectivity index (χ4n) is 6.51. The summed E-state index contributed by atoms with van der Waals surface area (Å²) < 4.78 is 7.19. The van der Waals surface area contributed by atoms with Gasteiger partial charge in [0.05, 0.1) is 29.4 Å². The van der Waals surface area contributed by atoms with E-state index < -0.39 is 29.2 Å². The molecule has 42 heavy (non-hydrogen) atoms. The van der Waals surface area contributed by atoms with Gasteiger partial charge in [-0.05, 0) is 49.3 Å². The Labute approximate surface area is 245 Å². The maximum Gasteiger partial charge on any atom is 0.167 e. The molecule has 12 heteroatoms. The highest BCUT2D eigenvalue weighted by atomic mass is 16.6. The van der Waals surface area contributed by atoms with Gasteiger partial charge in [0.15, 0.2) is 17.7 Å². The van der Waals surface area contributed by atoms with Crippen molar-refractivity contribution in [2.75, 3.05) is 12.3 Å². The SMILES string of the molecule is CC(C)[N@+]([O-])(C[C@H]1O[C@@H](n2cnc3c(N)ncnc32)C(O)C1O)C1CC(CCc2nc3ccc(C(C)(C)C)cc3[nH]2)C1. The maximum absolute atomic E-state index is 14.3. The van der Waals surface area contributed by atoms with Crippen LogP contribution in [0.25, 0.3) is 22.2 Å². The van der Waals surface area contributed by atoms with Gasteiger partial charge < -0.3 is 35.5 Å². The first-order valence-electron chi connectivity index (χ1n) is 14.9. The molecule has 5 N–H and O–H groups in total. The maximum atomic E-state index is 14.3. The first-order valence-corrected chi connectivity index (χ1v) is 14.9. The van der Waals surface area contributed by atoms with Crippen LogP contribution in [0, 0.1) is 11.1 Å². The molecule has 2 fully saturated rings. The van der Waals surface area contributed by atoms with Crippen molar-refractivity contribution in [3.63, 3.8) is 0 Å². The summed E-state index contributed by atoms with van der Waals surface area (Å²) in [6.07, 6.45) is 1.94. The van der Waals surface area contributed by atoms with Crippen molar-refractivity contribution in [3.05, 3.63) is 47.4 Å². The molecule has 226 valence electrons. The lowest BCUT2D eigenvalue weighted by Gasteiger charge is -2.58. The summed E-state index contributed by atoms with van der Waals surface area (Å²) in [5.74, 6) is 1.63. The number of aliphatic hydroxyl groups is 2. The van der Waals surface area contributed by atoms with Gasteiger partial charge in [0.2, 0.25) is 0 Å². The molecule has 2 aliphatic rings. The second-order valence-corrected chi connectivity index (χ2v) is 13.5. The highest BCUT2D eigenvalue weighted by Gasteiger charge is 2.50. The summed E-state index contributed by atoms with van der Waals surface area (Å²) >= 11 is 0. The van der Waals surface area contributed by atoms with Crippen LogP contribution < -0.4 is 5.73 Å². The zero-order chi connectivity index (χ0) is 30.0. The van der Waals surface area contributed by atoms with E-state index in [9.17, 15) is 15.4 Å². The number of aliphatic hydroxyl groups excluding tert-OH is 2. The van der Waals surface area contributed by atoms with E-state index in [1.807, 2.05) is 13.8 Å². The number of nitrogens with one attached hydrogen (secondary N) is 1. The lowest BCUT2D eigenvalue weighted by Crippen LogP contribution is -2.63. The largest absolute Gasteiger partial charge is 0.632 e. The Morgan fingerprint density at radius 1 is 1.17 bits per heavy atom. The summed E-state index contributed by atoms with van der Waals surface area (Å²) in [7, 11) is 0. The van der Waals surface area contributed by atoms with Crippen LogP contribution in [-0.2, 0) is 16.6 Å². The molecule has 3 aromatic heterocycles. The minimum absolute atomic E-state index is 0.0488. The average Bonchev–Trinajstić information content (AvgIpc) is 3.59. The summed E-state index contributed by atoms with van der Waals surface area (Å²) in [6.45, 7) is 10.5. The van der Waals surface area contributed by atoms with Gasteiger partial charge in [0.25, 0.3) is 0 Å². The monoisotopic (exact) mass is 578 g/mol. The number of fused-ring (bicyclic) bond motifs is 2. The zero-order valence-electron chi connectivity index (χ0n) is 24.9. The molecule has 5 atom stereocenters. The number of rotatable bonds is 8. The Morgan fingerprint density at radius 2 is 1.93 bits per heavy atom. The van der Waals surface area contributed by atoms with E-state index in [1.165, 1.54) is 22.8 Å². The van der Waals surface area contributed by atoms with Gasteiger partial charge in [0.1, 0.15) is 42.5 Å². The molecule has 4 heterocycles. The van der Waals surface area contributed by atoms with Crippen molar-refractivity contribution in [1.29, 1.82) is 0 Å². The second kappa shape index (κ2) is 10.5. The molecule has 1 saturated heterocycles. The molecule has 1 aromatic carbocycles. The number of ether oxygens (including phenoxy) is 1. The number of hydrogen-bond donors (Lipinski definition) is 4. The average molecular weight is 579 g/mol. The normalized spacial score (nSPS) is 28.0. The predicted octanol–water partition coefficient (Wildman–Crippen LogP) is 3.34. The minimum atomic E-state index is -1.25. The molecule has 0 radical (unpaired) electrons. The Kier molecular flexibility index (Phi) is 7.25. The number of nitrogens with zero attached hydrogens (tertiary/aromatic N) is 6. The number of nitrogens with two attached hydrogens (primary N) is 1. The summed E-state index contributed by atoms with van der Waals surface area (Å²) in [6, 6.07) is 6.11. The van der Waals surface area contributed by atoms with Gasteiger partial charge >= 0.3 is 0 Å². The Morgan fingerprint density at radius 3 is 2.64 bits per heavy atom. The van der Waals surface area contributed by atoms with Gasteiger partial charge in [-0.15, -0.1) is 0 Å². The standard InChI is InChI=1S/C30H42N8O4/c1-16(2)38(41,13-22-25(39)26(40)29(42-22)37-15-34-24-27(31)32-14-33-28(24)37)19-10-17(11-19)6-9-23-35-20-8-7-18(30(3,4)5)12-21(20)36-23/h7-8,12,14-17,19,22,25-26,29,39-40H,6,9-11,13H2,1-5H3,(H,35,36)(H2,31,32,33)/t17?,19?,22-,25?,26?,29-,38-/m1/s1. The molecule has 0 spiro atoms. The van der Waals surface area contributed by atoms with Crippen molar-refractivity contribution >= 4 is 28.0 Å². The third-order valence-electron chi connectivity index (χ3n) is 9.35. The van der Waals surface area contributed by atoms with Crippen LogP contribution in [0.4, 0.5) is 5.82 Å². The van der Waals surface area contributed by atoms with Crippen LogP contribution in [0.1, 0.15) is 71.5 Å². The van der Waals surface area contributed by atoms with Gasteiger partial charge in [-0.1, -0.05) is 26.8 Å². The van der Waals surface area contributed by atoms with Crippen LogP contribution in [0.5, 0.6) is 0 Å². The van der Waals surface area contributed by atoms with Crippen molar-refractivity contribution < 1.29 is 19.6 Å². The van der Waals surface area contributed by atoms with E-state index in [-0.39, 0.29) is 29.9 Å². The molecule has 2 unspecified atom stereocenters. The third-order valence-corrected chi connectivity index (χ3v) is 9.35. The summed E-state index contributed by atoms with van der Waals surface area (Å²) in [5.41, 5.74) is 10.1. The van der Waals surface area contributed by atoms with Crippen molar-refractivity contribution in [2.24, 2.45) is 5.92 Å².